The lowest BCUT2D eigenvalue weighted by atomic mass is 9.88. The third-order valence-corrected chi connectivity index (χ3v) is 5.43. The second kappa shape index (κ2) is 6.92. The van der Waals surface area contributed by atoms with Gasteiger partial charge in [0.25, 0.3) is 0 Å². The summed E-state index contributed by atoms with van der Waals surface area (Å²) < 4.78 is 0. The summed E-state index contributed by atoms with van der Waals surface area (Å²) in [7, 11) is 0. The molecule has 1 aromatic carbocycles. The van der Waals surface area contributed by atoms with Gasteiger partial charge >= 0.3 is 11.9 Å². The van der Waals surface area contributed by atoms with Crippen LogP contribution in [0, 0.1) is 27.7 Å². The van der Waals surface area contributed by atoms with E-state index in [0.29, 0.717) is 22.5 Å². The molecule has 5 N–H and O–H groups in total. The first-order valence-electron chi connectivity index (χ1n) is 8.77. The normalized spacial score (nSPS) is 11.2. The highest BCUT2D eigenvalue weighted by Gasteiger charge is 2.29. The van der Waals surface area contributed by atoms with Crippen LogP contribution in [0.5, 0.6) is 5.75 Å². The third-order valence-electron chi connectivity index (χ3n) is 5.43. The fourth-order valence-electron chi connectivity index (χ4n) is 3.57. The number of nitrogens with one attached hydrogen (secondary N) is 2. The van der Waals surface area contributed by atoms with E-state index in [9.17, 15) is 24.9 Å². The van der Waals surface area contributed by atoms with E-state index in [1.807, 2.05) is 13.8 Å². The van der Waals surface area contributed by atoms with Gasteiger partial charge in [-0.3, -0.25) is 0 Å². The first kappa shape index (κ1) is 19.3. The van der Waals surface area contributed by atoms with E-state index < -0.39 is 17.9 Å². The number of aromatic hydroxyl groups is 1. The third kappa shape index (κ3) is 3.05. The van der Waals surface area contributed by atoms with Crippen LogP contribution in [0.3, 0.4) is 0 Å². The molecule has 28 heavy (non-hydrogen) atoms. The van der Waals surface area contributed by atoms with Gasteiger partial charge in [0.2, 0.25) is 0 Å². The van der Waals surface area contributed by atoms with Crippen molar-refractivity contribution >= 4 is 11.9 Å². The van der Waals surface area contributed by atoms with Crippen LogP contribution in [0.15, 0.2) is 24.3 Å². The number of benzene rings is 1. The number of H-pyrrole nitrogens is 2. The van der Waals surface area contributed by atoms with E-state index in [0.717, 1.165) is 16.7 Å². The van der Waals surface area contributed by atoms with Crippen molar-refractivity contribution in [2.24, 2.45) is 0 Å². The molecule has 7 nitrogen and oxygen atoms in total. The predicted octanol–water partition coefficient (Wildman–Crippen LogP) is 3.86. The second-order valence-electron chi connectivity index (χ2n) is 6.96. The van der Waals surface area contributed by atoms with Gasteiger partial charge < -0.3 is 25.3 Å². The zero-order chi connectivity index (χ0) is 20.7. The molecule has 0 amide bonds. The summed E-state index contributed by atoms with van der Waals surface area (Å²) in [4.78, 5) is 29.2. The molecule has 0 radical (unpaired) electrons. The Balaban J connectivity index is 2.31. The standard InChI is InChI=1S/C21H22N2O5/c1-9-11(3)18(20(25)26)22-16(9)15(13-5-7-14(24)8-6-13)17-10(2)12(4)19(23-17)21(27)28/h5-8,15,22-24H,1-4H3,(H,25,26)(H,27,28). The van der Waals surface area contributed by atoms with Gasteiger partial charge in [0.15, 0.2) is 0 Å². The quantitative estimate of drug-likeness (QED) is 0.458. The van der Waals surface area contributed by atoms with E-state index in [-0.39, 0.29) is 17.1 Å². The lowest BCUT2D eigenvalue weighted by Gasteiger charge is -2.18. The second-order valence-corrected chi connectivity index (χ2v) is 6.96. The van der Waals surface area contributed by atoms with Gasteiger partial charge in [0, 0.05) is 11.4 Å². The Hall–Kier alpha value is -3.48. The van der Waals surface area contributed by atoms with E-state index in [1.54, 1.807) is 38.1 Å². The van der Waals surface area contributed by atoms with E-state index in [4.69, 9.17) is 0 Å². The Morgan fingerprint density at radius 2 is 1.14 bits per heavy atom. The number of aromatic amines is 2. The molecule has 3 rings (SSSR count). The zero-order valence-corrected chi connectivity index (χ0v) is 16.0. The number of phenolic OH excluding ortho intramolecular Hbond substituents is 1. The summed E-state index contributed by atoms with van der Waals surface area (Å²) in [5, 5.41) is 28.6. The van der Waals surface area contributed by atoms with Crippen molar-refractivity contribution in [2.75, 3.05) is 0 Å². The Morgan fingerprint density at radius 1 is 0.750 bits per heavy atom. The highest BCUT2D eigenvalue weighted by Crippen LogP contribution is 2.38. The van der Waals surface area contributed by atoms with Crippen LogP contribution in [0.4, 0.5) is 0 Å². The molecule has 0 bridgehead atoms. The van der Waals surface area contributed by atoms with Crippen molar-refractivity contribution in [3.8, 4) is 5.75 Å². The number of carboxylic acid groups (broad SMARTS) is 2. The number of aromatic nitrogens is 2. The lowest BCUT2D eigenvalue weighted by Crippen LogP contribution is -2.09. The van der Waals surface area contributed by atoms with Gasteiger partial charge in [-0.25, -0.2) is 9.59 Å². The molecule has 0 unspecified atom stereocenters. The van der Waals surface area contributed by atoms with Crippen LogP contribution in [0.1, 0.15) is 66.1 Å². The topological polar surface area (TPSA) is 126 Å². The van der Waals surface area contributed by atoms with Crippen LogP contribution in [0.25, 0.3) is 0 Å². The molecule has 0 spiro atoms. The maximum Gasteiger partial charge on any atom is 0.352 e. The molecular weight excluding hydrogens is 360 g/mol. The highest BCUT2D eigenvalue weighted by atomic mass is 16.4. The van der Waals surface area contributed by atoms with Crippen molar-refractivity contribution in [2.45, 2.75) is 33.6 Å². The molecule has 0 aliphatic heterocycles. The number of hydrogen-bond donors (Lipinski definition) is 5. The monoisotopic (exact) mass is 382 g/mol. The number of carbonyl (C=O) groups is 2. The summed E-state index contributed by atoms with van der Waals surface area (Å²) in [5.74, 6) is -2.44. The molecule has 0 saturated carbocycles. The Morgan fingerprint density at radius 3 is 1.46 bits per heavy atom. The van der Waals surface area contributed by atoms with E-state index >= 15 is 0 Å². The van der Waals surface area contributed by atoms with Crippen molar-refractivity contribution in [3.05, 3.63) is 74.9 Å². The molecule has 0 saturated heterocycles. The van der Waals surface area contributed by atoms with Crippen LogP contribution in [-0.4, -0.2) is 37.2 Å². The van der Waals surface area contributed by atoms with Crippen LogP contribution >= 0.6 is 0 Å². The largest absolute Gasteiger partial charge is 0.508 e. The van der Waals surface area contributed by atoms with Gasteiger partial charge in [-0.15, -0.1) is 0 Å². The SMILES string of the molecule is Cc1c(C(=O)O)[nH]c(C(c2ccc(O)cc2)c2[nH]c(C(=O)O)c(C)c2C)c1C. The van der Waals surface area contributed by atoms with Gasteiger partial charge in [-0.2, -0.15) is 0 Å². The molecule has 2 aromatic heterocycles. The smallest absolute Gasteiger partial charge is 0.352 e. The van der Waals surface area contributed by atoms with Crippen molar-refractivity contribution in [3.63, 3.8) is 0 Å². The Labute approximate surface area is 161 Å². The van der Waals surface area contributed by atoms with Gasteiger partial charge in [-0.1, -0.05) is 12.1 Å². The summed E-state index contributed by atoms with van der Waals surface area (Å²) in [6, 6.07) is 6.59. The van der Waals surface area contributed by atoms with Crippen molar-refractivity contribution in [1.29, 1.82) is 0 Å². The fourth-order valence-corrected chi connectivity index (χ4v) is 3.57. The molecule has 3 aromatic rings. The number of phenols is 1. The van der Waals surface area contributed by atoms with Gasteiger partial charge in [-0.05, 0) is 67.6 Å². The summed E-state index contributed by atoms with van der Waals surface area (Å²) in [6.45, 7) is 7.15. The molecule has 0 aliphatic carbocycles. The molecule has 0 atom stereocenters. The average molecular weight is 382 g/mol. The average Bonchev–Trinajstić information content (AvgIpc) is 3.09. The Bertz CT molecular complexity index is 1010. The number of carboxylic acids is 2. The first-order valence-corrected chi connectivity index (χ1v) is 8.77. The minimum absolute atomic E-state index is 0.107. The predicted molar refractivity (Wildman–Crippen MR) is 104 cm³/mol. The molecule has 146 valence electrons. The van der Waals surface area contributed by atoms with E-state index in [1.165, 1.54) is 0 Å². The molecular formula is C21H22N2O5. The minimum atomic E-state index is -1.05. The minimum Gasteiger partial charge on any atom is -0.508 e. The molecule has 7 heteroatoms. The van der Waals surface area contributed by atoms with Crippen LogP contribution in [0.2, 0.25) is 0 Å². The van der Waals surface area contributed by atoms with E-state index in [2.05, 4.69) is 9.97 Å². The number of aromatic carboxylic acids is 2. The number of rotatable bonds is 5. The van der Waals surface area contributed by atoms with Crippen LogP contribution < -0.4 is 0 Å². The summed E-state index contributed by atoms with van der Waals surface area (Å²) in [5.41, 5.74) is 5.19. The number of hydrogen-bond acceptors (Lipinski definition) is 3. The van der Waals surface area contributed by atoms with Crippen LogP contribution in [-0.2, 0) is 0 Å². The first-order chi connectivity index (χ1) is 13.1. The molecule has 2 heterocycles. The molecule has 0 fully saturated rings. The zero-order valence-electron chi connectivity index (χ0n) is 16.0. The molecule has 0 aliphatic rings. The summed E-state index contributed by atoms with van der Waals surface area (Å²) >= 11 is 0. The highest BCUT2D eigenvalue weighted by molar-refractivity contribution is 5.89. The Kier molecular flexibility index (Phi) is 4.77. The van der Waals surface area contributed by atoms with Gasteiger partial charge in [0.05, 0.1) is 5.92 Å². The van der Waals surface area contributed by atoms with Crippen molar-refractivity contribution in [1.82, 2.24) is 9.97 Å². The van der Waals surface area contributed by atoms with Gasteiger partial charge in [0.1, 0.15) is 17.1 Å². The maximum atomic E-state index is 11.6. The summed E-state index contributed by atoms with van der Waals surface area (Å²) in [6.07, 6.45) is 0. The fraction of sp³-hybridized carbons (Fsp3) is 0.238. The lowest BCUT2D eigenvalue weighted by molar-refractivity contribution is 0.0679. The van der Waals surface area contributed by atoms with Crippen molar-refractivity contribution < 1.29 is 24.9 Å². The maximum absolute atomic E-state index is 11.6.